The number of carbonyl (C=O) groups is 1. The first-order valence-electron chi connectivity index (χ1n) is 6.14. The number of nitrogens with zero attached hydrogens (tertiary/aromatic N) is 2. The molecule has 0 saturated carbocycles. The van der Waals surface area contributed by atoms with Crippen LogP contribution in [0.25, 0.3) is 10.9 Å². The molecule has 1 aliphatic heterocycles. The van der Waals surface area contributed by atoms with E-state index >= 15 is 0 Å². The van der Waals surface area contributed by atoms with Crippen LogP contribution in [-0.2, 0) is 0 Å². The maximum atomic E-state index is 12.4. The van der Waals surface area contributed by atoms with Crippen LogP contribution in [0.3, 0.4) is 0 Å². The Hall–Kier alpha value is -1.94. The number of hydrogen-bond donors (Lipinski definition) is 1. The zero-order valence-corrected chi connectivity index (χ0v) is 10.0. The minimum absolute atomic E-state index is 0.0345. The van der Waals surface area contributed by atoms with Crippen LogP contribution in [0.1, 0.15) is 16.8 Å². The van der Waals surface area contributed by atoms with E-state index in [1.54, 1.807) is 6.20 Å². The molecule has 1 saturated heterocycles. The molecule has 1 amide bonds. The Labute approximate surface area is 105 Å². The van der Waals surface area contributed by atoms with E-state index in [0.29, 0.717) is 12.1 Å². The quantitative estimate of drug-likeness (QED) is 0.821. The van der Waals surface area contributed by atoms with Gasteiger partial charge >= 0.3 is 0 Å². The number of amides is 1. The molecule has 2 aromatic rings. The van der Waals surface area contributed by atoms with Gasteiger partial charge in [-0.15, -0.1) is 0 Å². The first-order valence-corrected chi connectivity index (χ1v) is 6.14. The average Bonchev–Trinajstić information content (AvgIpc) is 2.84. The number of benzene rings is 1. The molecular weight excluding hydrogens is 226 g/mol. The zero-order valence-electron chi connectivity index (χ0n) is 10.0. The SMILES string of the molecule is N[C@@H]1CCN(C(=O)c2cccc3cccnc23)C1. The minimum atomic E-state index is 0.0345. The summed E-state index contributed by atoms with van der Waals surface area (Å²) in [5.74, 6) is 0.0345. The molecule has 1 aromatic carbocycles. The van der Waals surface area contributed by atoms with Crippen molar-refractivity contribution in [2.75, 3.05) is 13.1 Å². The van der Waals surface area contributed by atoms with Crippen LogP contribution < -0.4 is 5.73 Å². The molecule has 2 N–H and O–H groups in total. The summed E-state index contributed by atoms with van der Waals surface area (Å²) in [5.41, 5.74) is 7.28. The highest BCUT2D eigenvalue weighted by Gasteiger charge is 2.25. The molecule has 0 aliphatic carbocycles. The summed E-state index contributed by atoms with van der Waals surface area (Å²) < 4.78 is 0. The molecule has 0 radical (unpaired) electrons. The molecule has 1 aliphatic rings. The van der Waals surface area contributed by atoms with E-state index in [1.807, 2.05) is 35.2 Å². The van der Waals surface area contributed by atoms with Gasteiger partial charge in [-0.2, -0.15) is 0 Å². The van der Waals surface area contributed by atoms with E-state index in [2.05, 4.69) is 4.98 Å². The Morgan fingerprint density at radius 1 is 1.33 bits per heavy atom. The number of para-hydroxylation sites is 1. The number of carbonyl (C=O) groups excluding carboxylic acids is 1. The predicted molar refractivity (Wildman–Crippen MR) is 70.2 cm³/mol. The number of rotatable bonds is 1. The summed E-state index contributed by atoms with van der Waals surface area (Å²) in [4.78, 5) is 18.6. The van der Waals surface area contributed by atoms with Crippen LogP contribution >= 0.6 is 0 Å². The van der Waals surface area contributed by atoms with Crippen molar-refractivity contribution in [2.24, 2.45) is 5.73 Å². The van der Waals surface area contributed by atoms with Crippen LogP contribution in [-0.4, -0.2) is 34.9 Å². The molecule has 1 aromatic heterocycles. The third-order valence-electron chi connectivity index (χ3n) is 3.38. The molecule has 0 bridgehead atoms. The van der Waals surface area contributed by atoms with Gasteiger partial charge in [-0.1, -0.05) is 18.2 Å². The van der Waals surface area contributed by atoms with Crippen molar-refractivity contribution in [3.63, 3.8) is 0 Å². The molecule has 0 unspecified atom stereocenters. The number of likely N-dealkylation sites (tertiary alicyclic amines) is 1. The monoisotopic (exact) mass is 241 g/mol. The number of nitrogens with two attached hydrogens (primary N) is 1. The van der Waals surface area contributed by atoms with E-state index in [9.17, 15) is 4.79 Å². The summed E-state index contributed by atoms with van der Waals surface area (Å²) in [6.07, 6.45) is 2.60. The number of hydrogen-bond acceptors (Lipinski definition) is 3. The summed E-state index contributed by atoms with van der Waals surface area (Å²) in [7, 11) is 0. The number of aromatic nitrogens is 1. The fraction of sp³-hybridized carbons (Fsp3) is 0.286. The average molecular weight is 241 g/mol. The van der Waals surface area contributed by atoms with E-state index < -0.39 is 0 Å². The van der Waals surface area contributed by atoms with Crippen molar-refractivity contribution in [1.82, 2.24) is 9.88 Å². The van der Waals surface area contributed by atoms with E-state index in [4.69, 9.17) is 5.73 Å². The molecule has 18 heavy (non-hydrogen) atoms. The molecule has 0 spiro atoms. The second-order valence-electron chi connectivity index (χ2n) is 4.68. The first kappa shape index (κ1) is 11.2. The Morgan fingerprint density at radius 3 is 2.94 bits per heavy atom. The van der Waals surface area contributed by atoms with Gasteiger partial charge in [0.25, 0.3) is 5.91 Å². The Kier molecular flexibility index (Phi) is 2.72. The summed E-state index contributed by atoms with van der Waals surface area (Å²) in [5, 5.41) is 0.992. The van der Waals surface area contributed by atoms with Gasteiger partial charge in [-0.05, 0) is 18.6 Å². The van der Waals surface area contributed by atoms with Crippen molar-refractivity contribution in [3.8, 4) is 0 Å². The third-order valence-corrected chi connectivity index (χ3v) is 3.38. The van der Waals surface area contributed by atoms with Crippen LogP contribution in [0.4, 0.5) is 0 Å². The van der Waals surface area contributed by atoms with Crippen molar-refractivity contribution >= 4 is 16.8 Å². The lowest BCUT2D eigenvalue weighted by Gasteiger charge is -2.16. The Bertz CT molecular complexity index is 591. The zero-order chi connectivity index (χ0) is 12.5. The molecule has 1 atom stereocenters. The molecule has 4 nitrogen and oxygen atoms in total. The van der Waals surface area contributed by atoms with Crippen molar-refractivity contribution in [3.05, 3.63) is 42.1 Å². The molecule has 92 valence electrons. The molecule has 3 rings (SSSR count). The van der Waals surface area contributed by atoms with Crippen molar-refractivity contribution in [1.29, 1.82) is 0 Å². The minimum Gasteiger partial charge on any atom is -0.337 e. The highest BCUT2D eigenvalue weighted by molar-refractivity contribution is 6.05. The maximum absolute atomic E-state index is 12.4. The fourth-order valence-electron chi connectivity index (χ4n) is 2.42. The highest BCUT2D eigenvalue weighted by Crippen LogP contribution is 2.19. The smallest absolute Gasteiger partial charge is 0.256 e. The lowest BCUT2D eigenvalue weighted by molar-refractivity contribution is 0.0792. The fourth-order valence-corrected chi connectivity index (χ4v) is 2.42. The van der Waals surface area contributed by atoms with Crippen LogP contribution in [0.5, 0.6) is 0 Å². The summed E-state index contributed by atoms with van der Waals surface area (Å²) >= 11 is 0. The topological polar surface area (TPSA) is 59.2 Å². The lowest BCUT2D eigenvalue weighted by atomic mass is 10.1. The van der Waals surface area contributed by atoms with Gasteiger partial charge in [0.1, 0.15) is 0 Å². The van der Waals surface area contributed by atoms with Crippen LogP contribution in [0.2, 0.25) is 0 Å². The Morgan fingerprint density at radius 2 is 2.17 bits per heavy atom. The van der Waals surface area contributed by atoms with Gasteiger partial charge in [0.05, 0.1) is 11.1 Å². The molecule has 2 heterocycles. The van der Waals surface area contributed by atoms with Gasteiger partial charge in [-0.25, -0.2) is 0 Å². The van der Waals surface area contributed by atoms with E-state index in [-0.39, 0.29) is 11.9 Å². The lowest BCUT2D eigenvalue weighted by Crippen LogP contribution is -2.32. The maximum Gasteiger partial charge on any atom is 0.256 e. The third kappa shape index (κ3) is 1.84. The van der Waals surface area contributed by atoms with Crippen molar-refractivity contribution < 1.29 is 4.79 Å². The largest absolute Gasteiger partial charge is 0.337 e. The van der Waals surface area contributed by atoms with Gasteiger partial charge in [0.2, 0.25) is 0 Å². The molecule has 1 fully saturated rings. The predicted octanol–water partition coefficient (Wildman–Crippen LogP) is 1.41. The second kappa shape index (κ2) is 4.38. The van der Waals surface area contributed by atoms with Gasteiger partial charge < -0.3 is 10.6 Å². The van der Waals surface area contributed by atoms with Gasteiger partial charge in [0.15, 0.2) is 0 Å². The highest BCUT2D eigenvalue weighted by atomic mass is 16.2. The number of fused-ring (bicyclic) bond motifs is 1. The van der Waals surface area contributed by atoms with Gasteiger partial charge in [0, 0.05) is 30.7 Å². The summed E-state index contributed by atoms with van der Waals surface area (Å²) in [6.45, 7) is 1.38. The van der Waals surface area contributed by atoms with E-state index in [0.717, 1.165) is 23.9 Å². The number of pyridine rings is 1. The second-order valence-corrected chi connectivity index (χ2v) is 4.68. The van der Waals surface area contributed by atoms with Crippen LogP contribution in [0.15, 0.2) is 36.5 Å². The normalized spacial score (nSPS) is 19.4. The standard InChI is InChI=1S/C14H15N3O/c15-11-6-8-17(9-11)14(18)12-5-1-3-10-4-2-7-16-13(10)12/h1-5,7,11H,6,8-9,15H2/t11-/m1/s1. The summed E-state index contributed by atoms with van der Waals surface area (Å²) in [6, 6.07) is 9.65. The molecular formula is C14H15N3O. The van der Waals surface area contributed by atoms with Crippen molar-refractivity contribution in [2.45, 2.75) is 12.5 Å². The van der Waals surface area contributed by atoms with E-state index in [1.165, 1.54) is 0 Å². The molecule has 4 heteroatoms. The Balaban J connectivity index is 2.01. The first-order chi connectivity index (χ1) is 8.75. The van der Waals surface area contributed by atoms with Crippen LogP contribution in [0, 0.1) is 0 Å². The van der Waals surface area contributed by atoms with Gasteiger partial charge in [-0.3, -0.25) is 9.78 Å².